The van der Waals surface area contributed by atoms with Crippen LogP contribution in [0, 0.1) is 0 Å². The van der Waals surface area contributed by atoms with E-state index in [9.17, 15) is 0 Å². The van der Waals surface area contributed by atoms with Crippen molar-refractivity contribution in [1.82, 2.24) is 0 Å². The third-order valence-electron chi connectivity index (χ3n) is 0. The van der Waals surface area contributed by atoms with Crippen LogP contribution in [0.4, 0.5) is 0 Å². The molecule has 0 spiro atoms. The second kappa shape index (κ2) is 15.7. The molecule has 0 unspecified atom stereocenters. The van der Waals surface area contributed by atoms with E-state index in [1.807, 2.05) is 0 Å². The van der Waals surface area contributed by atoms with Crippen LogP contribution in [0.2, 0.25) is 0 Å². The van der Waals surface area contributed by atoms with Gasteiger partial charge in [0.1, 0.15) is 0 Å². The first-order valence-corrected chi connectivity index (χ1v) is 1.84. The van der Waals surface area contributed by atoms with Crippen LogP contribution in [0.5, 0.6) is 0 Å². The first kappa shape index (κ1) is 23.7. The zero-order chi connectivity index (χ0) is 3.58. The number of hydrogen-bond donors (Lipinski definition) is 0. The van der Waals surface area contributed by atoms with E-state index >= 15 is 0 Å². The number of hydrogen-bond acceptors (Lipinski definition) is 3. The summed E-state index contributed by atoms with van der Waals surface area (Å²) in [5.74, 6) is 0. The van der Waals surface area contributed by atoms with E-state index < -0.39 is 9.17 Å². The molecule has 0 N–H and O–H groups in total. The van der Waals surface area contributed by atoms with Crippen molar-refractivity contribution in [1.29, 1.82) is 0 Å². The van der Waals surface area contributed by atoms with Crippen LogP contribution in [0.25, 0.3) is 0 Å². The molecule has 0 rings (SSSR count). The predicted octanol–water partition coefficient (Wildman–Crippen LogP) is -9.52. The fourth-order valence-corrected chi connectivity index (χ4v) is 0. The minimum absolute atomic E-state index is 0. The third kappa shape index (κ3) is 109. The van der Waals surface area contributed by atoms with Crippen molar-refractivity contribution in [2.45, 2.75) is 0 Å². The maximum atomic E-state index is 8.52. The summed E-state index contributed by atoms with van der Waals surface area (Å²) in [4.78, 5) is 17.0. The molecular formula is HLi3O3Si. The molecular weight excluding hydrogens is 96.9 g/mol. The molecule has 0 bridgehead atoms. The Balaban J connectivity index is -0.0000000150. The molecule has 0 aromatic carbocycles. The summed E-state index contributed by atoms with van der Waals surface area (Å²) < 4.78 is 8.52. The van der Waals surface area contributed by atoms with Crippen LogP contribution in [-0.2, 0) is 4.46 Å². The van der Waals surface area contributed by atoms with Crippen molar-refractivity contribution in [3.63, 3.8) is 0 Å². The Kier molecular flexibility index (Phi) is 53.1. The van der Waals surface area contributed by atoms with Crippen LogP contribution in [-0.4, -0.2) is 28.0 Å². The van der Waals surface area contributed by atoms with Crippen molar-refractivity contribution < 1.29 is 51.8 Å². The topological polar surface area (TPSA) is 63.2 Å². The molecule has 26 valence electrons. The zero-order valence-electron chi connectivity index (χ0n) is 3.72. The van der Waals surface area contributed by atoms with Gasteiger partial charge in [0, 0.05) is 9.17 Å². The molecule has 0 radical (unpaired) electrons. The van der Waals surface area contributed by atoms with Gasteiger partial charge in [0.05, 0.1) is 0 Å². The Bertz CT molecular complexity index is 33.2. The first-order valence-electron chi connectivity index (χ1n) is 0.612. The summed E-state index contributed by atoms with van der Waals surface area (Å²) >= 11 is 0. The average Bonchev–Trinajstić information content (AvgIpc) is 0.811. The predicted molar refractivity (Wildman–Crippen MR) is 13.6 cm³/mol. The van der Waals surface area contributed by atoms with Crippen molar-refractivity contribution in [2.75, 3.05) is 0 Å². The molecule has 0 amide bonds. The van der Waals surface area contributed by atoms with Gasteiger partial charge in [-0.1, -0.05) is 0 Å². The normalized spacial score (nSPS) is 3.43. The Hall–Kier alpha value is 1.41. The van der Waals surface area contributed by atoms with Gasteiger partial charge in [-0.25, -0.2) is 0 Å². The summed E-state index contributed by atoms with van der Waals surface area (Å²) in [5, 5.41) is 0. The minimum atomic E-state index is -3.63. The average molecular weight is 97.9 g/mol. The van der Waals surface area contributed by atoms with E-state index in [2.05, 4.69) is 0 Å². The quantitative estimate of drug-likeness (QED) is 0.282. The van der Waals surface area contributed by atoms with Crippen molar-refractivity contribution >= 4 is 28.0 Å². The fraction of sp³-hybridized carbons (Fsp3) is 0. The molecule has 7 heavy (non-hydrogen) atoms. The van der Waals surface area contributed by atoms with Gasteiger partial charge in [-0.05, 0) is 0 Å². The van der Waals surface area contributed by atoms with Gasteiger partial charge in [0.15, 0.2) is 0 Å². The standard InChI is InChI=1S/3Li.O3Si.H/c;;;1-4(2)3;/q;2*+1;-2;. The van der Waals surface area contributed by atoms with Gasteiger partial charge in [-0.15, -0.1) is 0 Å². The van der Waals surface area contributed by atoms with Gasteiger partial charge in [0.2, 0.25) is 0 Å². The molecule has 0 heterocycles. The zero-order valence-corrected chi connectivity index (χ0v) is 4.72. The molecule has 0 saturated heterocycles. The summed E-state index contributed by atoms with van der Waals surface area (Å²) in [7, 11) is -3.63. The van der Waals surface area contributed by atoms with Crippen LogP contribution in [0.1, 0.15) is 0 Å². The molecule has 0 aromatic rings. The molecule has 0 aromatic heterocycles. The van der Waals surface area contributed by atoms with E-state index in [4.69, 9.17) is 14.1 Å². The SMILES string of the molecule is O=[Si]([O-])[O-].[Li+].[Li+].[LiH]. The molecule has 0 aliphatic rings. The van der Waals surface area contributed by atoms with E-state index in [-0.39, 0.29) is 56.6 Å². The van der Waals surface area contributed by atoms with E-state index in [0.717, 1.165) is 0 Å². The third-order valence-corrected chi connectivity index (χ3v) is 0. The molecule has 7 heteroatoms. The fourth-order valence-electron chi connectivity index (χ4n) is 0. The Morgan fingerprint density at radius 3 is 1.14 bits per heavy atom. The van der Waals surface area contributed by atoms with Gasteiger partial charge in [-0.2, -0.15) is 0 Å². The second-order valence-electron chi connectivity index (χ2n) is 0.250. The van der Waals surface area contributed by atoms with Crippen molar-refractivity contribution in [2.24, 2.45) is 0 Å². The van der Waals surface area contributed by atoms with Gasteiger partial charge < -0.3 is 14.1 Å². The monoisotopic (exact) mass is 98.0 g/mol. The van der Waals surface area contributed by atoms with E-state index in [1.165, 1.54) is 0 Å². The first-order chi connectivity index (χ1) is 1.73. The van der Waals surface area contributed by atoms with Crippen molar-refractivity contribution in [3.05, 3.63) is 0 Å². The van der Waals surface area contributed by atoms with Crippen LogP contribution in [0.15, 0.2) is 0 Å². The van der Waals surface area contributed by atoms with Gasteiger partial charge >= 0.3 is 56.6 Å². The maximum absolute atomic E-state index is 8.52. The van der Waals surface area contributed by atoms with Crippen molar-refractivity contribution in [3.8, 4) is 0 Å². The molecule has 0 aliphatic heterocycles. The summed E-state index contributed by atoms with van der Waals surface area (Å²) in [5.41, 5.74) is 0. The Morgan fingerprint density at radius 2 is 1.14 bits per heavy atom. The summed E-state index contributed by atoms with van der Waals surface area (Å²) in [6.45, 7) is 0. The summed E-state index contributed by atoms with van der Waals surface area (Å²) in [6.07, 6.45) is 0. The molecule has 3 nitrogen and oxygen atoms in total. The Labute approximate surface area is 79.3 Å². The molecule has 0 aliphatic carbocycles. The van der Waals surface area contributed by atoms with E-state index in [0.29, 0.717) is 0 Å². The molecule has 0 saturated carbocycles. The van der Waals surface area contributed by atoms with Gasteiger partial charge in [-0.3, -0.25) is 0 Å². The second-order valence-corrected chi connectivity index (χ2v) is 0.750. The van der Waals surface area contributed by atoms with Crippen LogP contribution in [0.3, 0.4) is 0 Å². The van der Waals surface area contributed by atoms with Gasteiger partial charge in [0.25, 0.3) is 0 Å². The van der Waals surface area contributed by atoms with Crippen LogP contribution < -0.4 is 47.3 Å². The van der Waals surface area contributed by atoms with Crippen LogP contribution >= 0.6 is 0 Å². The summed E-state index contributed by atoms with van der Waals surface area (Å²) in [6, 6.07) is 0. The number of rotatable bonds is 0. The van der Waals surface area contributed by atoms with E-state index in [1.54, 1.807) is 0 Å². The molecule has 0 atom stereocenters. The Morgan fingerprint density at radius 1 is 1.14 bits per heavy atom. The molecule has 0 fully saturated rings.